The van der Waals surface area contributed by atoms with E-state index in [2.05, 4.69) is 19.1 Å². The minimum Gasteiger partial charge on any atom is -0.494 e. The molecular formula is C33H34F4O. The molecule has 0 amide bonds. The first-order valence-electron chi connectivity index (χ1n) is 13.4. The Bertz CT molecular complexity index is 1310. The van der Waals surface area contributed by atoms with E-state index in [9.17, 15) is 13.2 Å². The normalized spacial score (nSPS) is 11.7. The van der Waals surface area contributed by atoms with Gasteiger partial charge in [0.1, 0.15) is 11.6 Å². The van der Waals surface area contributed by atoms with Crippen molar-refractivity contribution in [2.45, 2.75) is 64.5 Å². The van der Waals surface area contributed by atoms with Crippen molar-refractivity contribution >= 4 is 10.8 Å². The molecular weight excluding hydrogens is 488 g/mol. The van der Waals surface area contributed by atoms with Crippen LogP contribution in [0.25, 0.3) is 10.8 Å². The fourth-order valence-electron chi connectivity index (χ4n) is 4.63. The molecule has 4 aromatic carbocycles. The van der Waals surface area contributed by atoms with Gasteiger partial charge in [-0.15, -0.1) is 0 Å². The first kappa shape index (κ1) is 27.7. The fourth-order valence-corrected chi connectivity index (χ4v) is 4.63. The van der Waals surface area contributed by atoms with Gasteiger partial charge in [0.2, 0.25) is 0 Å². The predicted molar refractivity (Wildman–Crippen MR) is 146 cm³/mol. The fraction of sp³-hybridized carbons (Fsp3) is 0.333. The zero-order valence-electron chi connectivity index (χ0n) is 21.8. The Balaban J connectivity index is 1.32. The van der Waals surface area contributed by atoms with E-state index in [1.807, 2.05) is 36.4 Å². The van der Waals surface area contributed by atoms with Crippen LogP contribution in [0, 0.1) is 5.82 Å². The van der Waals surface area contributed by atoms with Gasteiger partial charge in [-0.25, -0.2) is 4.39 Å². The topological polar surface area (TPSA) is 9.23 Å². The molecule has 0 heterocycles. The maximum atomic E-state index is 15.2. The standard InChI is InChI=1S/C33H34F4O/c1-2-3-4-5-22-38-30-19-11-24(12-20-30)6-7-26-13-21-31-28(23-26)16-15-27(32(31)34)14-8-25-9-17-29(18-10-25)33(35,36)37/h9-13,15-21,23H,2-8,14,22H2,1H3. The third kappa shape index (κ3) is 7.59. The summed E-state index contributed by atoms with van der Waals surface area (Å²) in [6, 6.07) is 22.9. The Kier molecular flexibility index (Phi) is 9.43. The maximum absolute atomic E-state index is 15.2. The van der Waals surface area contributed by atoms with Gasteiger partial charge in [0.05, 0.1) is 12.2 Å². The first-order valence-corrected chi connectivity index (χ1v) is 13.4. The zero-order chi connectivity index (χ0) is 27.0. The van der Waals surface area contributed by atoms with Crippen LogP contribution in [0.15, 0.2) is 78.9 Å². The van der Waals surface area contributed by atoms with Crippen molar-refractivity contribution in [1.82, 2.24) is 0 Å². The summed E-state index contributed by atoms with van der Waals surface area (Å²) in [6.45, 7) is 2.95. The van der Waals surface area contributed by atoms with Gasteiger partial charge in [0.15, 0.2) is 0 Å². The van der Waals surface area contributed by atoms with Crippen molar-refractivity contribution in [2.24, 2.45) is 0 Å². The van der Waals surface area contributed by atoms with Crippen LogP contribution in [0.1, 0.15) is 60.4 Å². The van der Waals surface area contributed by atoms with Gasteiger partial charge in [-0.2, -0.15) is 13.2 Å². The van der Waals surface area contributed by atoms with E-state index in [1.54, 1.807) is 6.07 Å². The lowest BCUT2D eigenvalue weighted by Gasteiger charge is -2.10. The number of alkyl halides is 3. The Hall–Kier alpha value is -3.34. The van der Waals surface area contributed by atoms with Crippen LogP contribution in [0.2, 0.25) is 0 Å². The molecule has 0 N–H and O–H groups in total. The highest BCUT2D eigenvalue weighted by molar-refractivity contribution is 5.84. The number of hydrogen-bond donors (Lipinski definition) is 0. The Labute approximate surface area is 222 Å². The van der Waals surface area contributed by atoms with Crippen LogP contribution in [-0.2, 0) is 31.9 Å². The monoisotopic (exact) mass is 522 g/mol. The molecule has 4 aromatic rings. The Morgan fingerprint density at radius 3 is 1.97 bits per heavy atom. The number of ether oxygens (including phenoxy) is 1. The number of unbranched alkanes of at least 4 members (excludes halogenated alkanes) is 3. The minimum absolute atomic E-state index is 0.258. The molecule has 0 aliphatic carbocycles. The molecule has 200 valence electrons. The number of benzene rings is 4. The molecule has 1 nitrogen and oxygen atoms in total. The summed E-state index contributed by atoms with van der Waals surface area (Å²) in [5, 5.41) is 1.42. The van der Waals surface area contributed by atoms with E-state index in [0.29, 0.717) is 23.8 Å². The molecule has 0 radical (unpaired) electrons. The molecule has 5 heteroatoms. The third-order valence-electron chi connectivity index (χ3n) is 6.96. The second-order valence-electron chi connectivity index (χ2n) is 9.84. The van der Waals surface area contributed by atoms with Crippen molar-refractivity contribution in [3.63, 3.8) is 0 Å². The molecule has 4 rings (SSSR count). The maximum Gasteiger partial charge on any atom is 0.416 e. The molecule has 0 aliphatic heterocycles. The number of fused-ring (bicyclic) bond motifs is 1. The summed E-state index contributed by atoms with van der Waals surface area (Å²) in [5.41, 5.74) is 3.02. The molecule has 38 heavy (non-hydrogen) atoms. The predicted octanol–water partition coefficient (Wildman–Crippen LogP) is 9.53. The van der Waals surface area contributed by atoms with Crippen molar-refractivity contribution in [3.8, 4) is 5.75 Å². The number of aryl methyl sites for hydroxylation is 4. The molecule has 0 saturated carbocycles. The van der Waals surface area contributed by atoms with Gasteiger partial charge < -0.3 is 4.74 Å². The largest absolute Gasteiger partial charge is 0.494 e. The number of rotatable bonds is 12. The summed E-state index contributed by atoms with van der Waals surface area (Å²) < 4.78 is 59.3. The molecule has 0 spiro atoms. The molecule has 0 aliphatic rings. The third-order valence-corrected chi connectivity index (χ3v) is 6.96. The average Bonchev–Trinajstić information content (AvgIpc) is 2.92. The van der Waals surface area contributed by atoms with E-state index in [1.165, 1.54) is 37.0 Å². The lowest BCUT2D eigenvalue weighted by molar-refractivity contribution is -0.137. The lowest BCUT2D eigenvalue weighted by atomic mass is 9.97. The minimum atomic E-state index is -4.35. The van der Waals surface area contributed by atoms with Crippen molar-refractivity contribution < 1.29 is 22.3 Å². The second kappa shape index (κ2) is 12.9. The molecule has 0 saturated heterocycles. The van der Waals surface area contributed by atoms with Gasteiger partial charge in [-0.1, -0.05) is 80.8 Å². The molecule has 0 atom stereocenters. The Morgan fingerprint density at radius 2 is 1.29 bits per heavy atom. The summed E-state index contributed by atoms with van der Waals surface area (Å²) in [7, 11) is 0. The SMILES string of the molecule is CCCCCCOc1ccc(CCc2ccc3c(F)c(CCc4ccc(C(F)(F)F)cc4)ccc3c2)cc1. The number of halogens is 4. The Morgan fingerprint density at radius 1 is 0.658 bits per heavy atom. The number of hydrogen-bond acceptors (Lipinski definition) is 1. The summed E-state index contributed by atoms with van der Waals surface area (Å²) in [6.07, 6.45) is 3.03. The van der Waals surface area contributed by atoms with Crippen LogP contribution in [0.4, 0.5) is 17.6 Å². The van der Waals surface area contributed by atoms with Crippen LogP contribution >= 0.6 is 0 Å². The zero-order valence-corrected chi connectivity index (χ0v) is 21.8. The van der Waals surface area contributed by atoms with E-state index in [4.69, 9.17) is 4.74 Å². The smallest absolute Gasteiger partial charge is 0.416 e. The highest BCUT2D eigenvalue weighted by Gasteiger charge is 2.29. The first-order chi connectivity index (χ1) is 18.3. The van der Waals surface area contributed by atoms with E-state index < -0.39 is 11.7 Å². The molecule has 0 aromatic heterocycles. The molecule has 0 bridgehead atoms. The van der Waals surface area contributed by atoms with Crippen LogP contribution in [0.5, 0.6) is 5.75 Å². The van der Waals surface area contributed by atoms with Gasteiger partial charge in [-0.05, 0) is 84.0 Å². The van der Waals surface area contributed by atoms with Crippen LogP contribution in [0.3, 0.4) is 0 Å². The second-order valence-corrected chi connectivity index (χ2v) is 9.84. The lowest BCUT2D eigenvalue weighted by Crippen LogP contribution is -2.04. The molecule has 0 fully saturated rings. The summed E-state index contributed by atoms with van der Waals surface area (Å²) in [4.78, 5) is 0. The average molecular weight is 523 g/mol. The van der Waals surface area contributed by atoms with Crippen molar-refractivity contribution in [1.29, 1.82) is 0 Å². The van der Waals surface area contributed by atoms with E-state index in [-0.39, 0.29) is 5.82 Å². The van der Waals surface area contributed by atoms with Crippen LogP contribution in [-0.4, -0.2) is 6.61 Å². The van der Waals surface area contributed by atoms with Gasteiger partial charge in [0, 0.05) is 5.39 Å². The van der Waals surface area contributed by atoms with E-state index in [0.717, 1.165) is 60.3 Å². The van der Waals surface area contributed by atoms with Gasteiger partial charge in [-0.3, -0.25) is 0 Å². The van der Waals surface area contributed by atoms with Gasteiger partial charge >= 0.3 is 6.18 Å². The van der Waals surface area contributed by atoms with E-state index >= 15 is 4.39 Å². The van der Waals surface area contributed by atoms with Crippen molar-refractivity contribution in [2.75, 3.05) is 6.61 Å². The molecule has 0 unspecified atom stereocenters. The summed E-state index contributed by atoms with van der Waals surface area (Å²) in [5.74, 6) is 0.645. The quantitative estimate of drug-likeness (QED) is 0.133. The highest BCUT2D eigenvalue weighted by Crippen LogP contribution is 2.29. The van der Waals surface area contributed by atoms with Crippen molar-refractivity contribution in [3.05, 3.63) is 112 Å². The van der Waals surface area contributed by atoms with Gasteiger partial charge in [0.25, 0.3) is 0 Å². The highest BCUT2D eigenvalue weighted by atomic mass is 19.4. The van der Waals surface area contributed by atoms with Crippen LogP contribution < -0.4 is 4.74 Å². The summed E-state index contributed by atoms with van der Waals surface area (Å²) >= 11 is 0.